The Morgan fingerprint density at radius 3 is 2.83 bits per heavy atom. The zero-order chi connectivity index (χ0) is 13.1. The summed E-state index contributed by atoms with van der Waals surface area (Å²) in [5, 5.41) is 11.7. The first-order valence-corrected chi connectivity index (χ1v) is 5.77. The second-order valence-corrected chi connectivity index (χ2v) is 4.44. The lowest BCUT2D eigenvalue weighted by molar-refractivity contribution is 0.631. The largest absolute Gasteiger partial charge is 0.397 e. The fraction of sp³-hybridized carbons (Fsp3) is 0. The Hall–Kier alpha value is -2.13. The molecule has 4 nitrogen and oxygen atoms in total. The average molecular weight is 307 g/mol. The van der Waals surface area contributed by atoms with Gasteiger partial charge in [0.05, 0.1) is 23.1 Å². The van der Waals surface area contributed by atoms with Gasteiger partial charge in [-0.15, -0.1) is 0 Å². The summed E-state index contributed by atoms with van der Waals surface area (Å²) in [5.74, 6) is -0.167. The van der Waals surface area contributed by atoms with E-state index in [2.05, 4.69) is 26.2 Å². The molecule has 0 fully saturated rings. The SMILES string of the molecule is N#Cc1cc(N)cnc1Nc1ccc(Br)cc1F. The van der Waals surface area contributed by atoms with E-state index in [0.29, 0.717) is 10.2 Å². The maximum Gasteiger partial charge on any atom is 0.148 e. The van der Waals surface area contributed by atoms with Crippen LogP contribution in [-0.2, 0) is 0 Å². The number of hydrogen-bond acceptors (Lipinski definition) is 4. The molecule has 0 bridgehead atoms. The van der Waals surface area contributed by atoms with Crippen molar-refractivity contribution in [2.24, 2.45) is 0 Å². The predicted octanol–water partition coefficient (Wildman–Crippen LogP) is 3.18. The Morgan fingerprint density at radius 1 is 1.39 bits per heavy atom. The zero-order valence-electron chi connectivity index (χ0n) is 9.11. The number of hydrogen-bond donors (Lipinski definition) is 2. The number of nitriles is 1. The third-order valence-electron chi connectivity index (χ3n) is 2.21. The van der Waals surface area contributed by atoms with Gasteiger partial charge in [-0.2, -0.15) is 5.26 Å². The van der Waals surface area contributed by atoms with Crippen LogP contribution in [0.3, 0.4) is 0 Å². The molecule has 18 heavy (non-hydrogen) atoms. The van der Waals surface area contributed by atoms with Crippen molar-refractivity contribution in [2.45, 2.75) is 0 Å². The van der Waals surface area contributed by atoms with Crippen LogP contribution in [0.2, 0.25) is 0 Å². The summed E-state index contributed by atoms with van der Waals surface area (Å²) in [4.78, 5) is 3.97. The van der Waals surface area contributed by atoms with Gasteiger partial charge in [-0.25, -0.2) is 9.37 Å². The molecule has 0 radical (unpaired) electrons. The summed E-state index contributed by atoms with van der Waals surface area (Å²) < 4.78 is 14.3. The minimum Gasteiger partial charge on any atom is -0.397 e. The van der Waals surface area contributed by atoms with Crippen LogP contribution in [0.4, 0.5) is 21.6 Å². The van der Waals surface area contributed by atoms with Gasteiger partial charge in [0.15, 0.2) is 0 Å². The quantitative estimate of drug-likeness (QED) is 0.893. The highest BCUT2D eigenvalue weighted by Gasteiger charge is 2.08. The number of benzene rings is 1. The first-order chi connectivity index (χ1) is 8.60. The fourth-order valence-electron chi connectivity index (χ4n) is 1.38. The van der Waals surface area contributed by atoms with Crippen LogP contribution in [0.25, 0.3) is 0 Å². The van der Waals surface area contributed by atoms with Gasteiger partial charge in [0.2, 0.25) is 0 Å². The maximum absolute atomic E-state index is 13.6. The number of halogens is 2. The van der Waals surface area contributed by atoms with Crippen molar-refractivity contribution in [3.8, 4) is 6.07 Å². The van der Waals surface area contributed by atoms with Crippen molar-refractivity contribution in [3.63, 3.8) is 0 Å². The van der Waals surface area contributed by atoms with E-state index >= 15 is 0 Å². The number of nitrogens with one attached hydrogen (secondary N) is 1. The first-order valence-electron chi connectivity index (χ1n) is 4.98. The van der Waals surface area contributed by atoms with E-state index in [1.54, 1.807) is 12.1 Å². The Morgan fingerprint density at radius 2 is 2.17 bits per heavy atom. The second kappa shape index (κ2) is 5.02. The lowest BCUT2D eigenvalue weighted by Crippen LogP contribution is -2.00. The zero-order valence-corrected chi connectivity index (χ0v) is 10.7. The average Bonchev–Trinajstić information content (AvgIpc) is 2.34. The van der Waals surface area contributed by atoms with Gasteiger partial charge >= 0.3 is 0 Å². The normalized spacial score (nSPS) is 9.83. The van der Waals surface area contributed by atoms with Crippen LogP contribution in [0, 0.1) is 17.1 Å². The number of nitrogens with two attached hydrogens (primary N) is 1. The van der Waals surface area contributed by atoms with Gasteiger partial charge in [0, 0.05) is 4.47 Å². The van der Waals surface area contributed by atoms with E-state index in [4.69, 9.17) is 11.0 Å². The van der Waals surface area contributed by atoms with Crippen molar-refractivity contribution in [2.75, 3.05) is 11.1 Å². The highest BCUT2D eigenvalue weighted by molar-refractivity contribution is 9.10. The number of rotatable bonds is 2. The summed E-state index contributed by atoms with van der Waals surface area (Å²) in [5.41, 5.74) is 6.41. The van der Waals surface area contributed by atoms with Crippen molar-refractivity contribution in [1.29, 1.82) is 5.26 Å². The van der Waals surface area contributed by atoms with Gasteiger partial charge in [-0.1, -0.05) is 15.9 Å². The molecule has 0 spiro atoms. The number of anilines is 3. The standard InChI is InChI=1S/C12H8BrFN4/c13-8-1-2-11(10(14)4-8)18-12-7(5-15)3-9(16)6-17-12/h1-4,6H,16H2,(H,17,18). The van der Waals surface area contributed by atoms with Gasteiger partial charge in [0.25, 0.3) is 0 Å². The molecular formula is C12H8BrFN4. The number of pyridine rings is 1. The molecular weight excluding hydrogens is 299 g/mol. The van der Waals surface area contributed by atoms with E-state index in [-0.39, 0.29) is 17.1 Å². The van der Waals surface area contributed by atoms with Gasteiger partial charge < -0.3 is 11.1 Å². The van der Waals surface area contributed by atoms with Crippen LogP contribution < -0.4 is 11.1 Å². The Bertz CT molecular complexity index is 636. The van der Waals surface area contributed by atoms with Crippen LogP contribution in [0.1, 0.15) is 5.56 Å². The molecule has 2 aromatic rings. The molecule has 6 heteroatoms. The van der Waals surface area contributed by atoms with E-state index in [1.807, 2.05) is 6.07 Å². The summed E-state index contributed by atoms with van der Waals surface area (Å²) in [6.45, 7) is 0. The van der Waals surface area contributed by atoms with Crippen LogP contribution in [0.5, 0.6) is 0 Å². The molecule has 0 aliphatic heterocycles. The lowest BCUT2D eigenvalue weighted by Gasteiger charge is -2.08. The van der Waals surface area contributed by atoms with Crippen LogP contribution >= 0.6 is 15.9 Å². The number of aromatic nitrogens is 1. The smallest absolute Gasteiger partial charge is 0.148 e. The monoisotopic (exact) mass is 306 g/mol. The summed E-state index contributed by atoms with van der Waals surface area (Å²) in [7, 11) is 0. The molecule has 0 amide bonds. The maximum atomic E-state index is 13.6. The molecule has 1 aromatic carbocycles. The third-order valence-corrected chi connectivity index (χ3v) is 2.71. The Kier molecular flexibility index (Phi) is 3.44. The summed E-state index contributed by atoms with van der Waals surface area (Å²) in [6, 6.07) is 8.00. The van der Waals surface area contributed by atoms with Crippen LogP contribution in [0.15, 0.2) is 34.9 Å². The van der Waals surface area contributed by atoms with Gasteiger partial charge in [-0.3, -0.25) is 0 Å². The van der Waals surface area contributed by atoms with E-state index in [1.165, 1.54) is 18.3 Å². The molecule has 3 N–H and O–H groups in total. The first kappa shape index (κ1) is 12.3. The van der Waals surface area contributed by atoms with Gasteiger partial charge in [-0.05, 0) is 24.3 Å². The molecule has 2 rings (SSSR count). The highest BCUT2D eigenvalue weighted by Crippen LogP contribution is 2.24. The molecule has 90 valence electrons. The van der Waals surface area contributed by atoms with Crippen molar-refractivity contribution in [3.05, 3.63) is 46.3 Å². The van der Waals surface area contributed by atoms with E-state index in [0.717, 1.165) is 0 Å². The molecule has 1 aromatic heterocycles. The number of nitrogens with zero attached hydrogens (tertiary/aromatic N) is 2. The Balaban J connectivity index is 2.37. The van der Waals surface area contributed by atoms with Crippen molar-refractivity contribution >= 4 is 33.1 Å². The molecule has 0 atom stereocenters. The fourth-order valence-corrected chi connectivity index (χ4v) is 1.72. The topological polar surface area (TPSA) is 74.7 Å². The summed E-state index contributed by atoms with van der Waals surface area (Å²) >= 11 is 3.17. The lowest BCUT2D eigenvalue weighted by atomic mass is 10.2. The van der Waals surface area contributed by atoms with Crippen molar-refractivity contribution < 1.29 is 4.39 Å². The summed E-state index contributed by atoms with van der Waals surface area (Å²) in [6.07, 6.45) is 1.40. The third kappa shape index (κ3) is 2.57. The molecule has 0 saturated carbocycles. The molecule has 1 heterocycles. The molecule has 0 saturated heterocycles. The van der Waals surface area contributed by atoms with E-state index < -0.39 is 5.82 Å². The highest BCUT2D eigenvalue weighted by atomic mass is 79.9. The molecule has 0 aliphatic rings. The molecule has 0 aliphatic carbocycles. The Labute approximate surface area is 111 Å². The second-order valence-electron chi connectivity index (χ2n) is 3.53. The minimum atomic E-state index is -0.438. The molecule has 0 unspecified atom stereocenters. The van der Waals surface area contributed by atoms with Crippen molar-refractivity contribution in [1.82, 2.24) is 4.98 Å². The van der Waals surface area contributed by atoms with Crippen LogP contribution in [-0.4, -0.2) is 4.98 Å². The van der Waals surface area contributed by atoms with Gasteiger partial charge in [0.1, 0.15) is 17.7 Å². The predicted molar refractivity (Wildman–Crippen MR) is 70.7 cm³/mol. The minimum absolute atomic E-state index is 0.243. The van der Waals surface area contributed by atoms with E-state index in [9.17, 15) is 4.39 Å². The number of nitrogen functional groups attached to an aromatic ring is 1.